The second-order valence-electron chi connectivity index (χ2n) is 4.16. The molecule has 0 heterocycles. The molecule has 0 saturated heterocycles. The Bertz CT molecular complexity index is 159. The lowest BCUT2D eigenvalue weighted by atomic mass is 9.83. The predicted octanol–water partition coefficient (Wildman–Crippen LogP) is 2.77. The number of esters is 1. The Labute approximate surface area is 80.7 Å². The summed E-state index contributed by atoms with van der Waals surface area (Å²) in [5.74, 6) is 0.807. The van der Waals surface area contributed by atoms with Crippen LogP contribution in [-0.2, 0) is 9.53 Å². The number of methoxy groups -OCH3 is 1. The van der Waals surface area contributed by atoms with Crippen LogP contribution in [0, 0.1) is 11.8 Å². The zero-order chi connectivity index (χ0) is 9.68. The number of hydrogen-bond acceptors (Lipinski definition) is 2. The van der Waals surface area contributed by atoms with Crippen molar-refractivity contribution in [2.45, 2.75) is 45.4 Å². The summed E-state index contributed by atoms with van der Waals surface area (Å²) in [5, 5.41) is 0. The van der Waals surface area contributed by atoms with Gasteiger partial charge in [0.1, 0.15) is 0 Å². The zero-order valence-electron chi connectivity index (χ0n) is 8.71. The standard InChI is InChI=1S/C11H20O2/c1-9(11(12)13-2)8-10-6-4-3-5-7-10/h9-10H,3-8H2,1-2H3. The van der Waals surface area contributed by atoms with Gasteiger partial charge >= 0.3 is 5.97 Å². The molecule has 2 heteroatoms. The molecular formula is C11H20O2. The van der Waals surface area contributed by atoms with Gasteiger partial charge in [-0.15, -0.1) is 0 Å². The molecule has 1 unspecified atom stereocenters. The van der Waals surface area contributed by atoms with Crippen molar-refractivity contribution in [1.82, 2.24) is 0 Å². The summed E-state index contributed by atoms with van der Waals surface area (Å²) < 4.78 is 4.71. The molecule has 1 atom stereocenters. The normalized spacial score (nSPS) is 21.1. The van der Waals surface area contributed by atoms with Gasteiger partial charge in [-0.05, 0) is 12.3 Å². The molecule has 0 aromatic carbocycles. The molecule has 0 aromatic heterocycles. The van der Waals surface area contributed by atoms with E-state index in [2.05, 4.69) is 0 Å². The van der Waals surface area contributed by atoms with E-state index < -0.39 is 0 Å². The number of carbonyl (C=O) groups excluding carboxylic acids is 1. The lowest BCUT2D eigenvalue weighted by Gasteiger charge is -2.23. The van der Waals surface area contributed by atoms with Crippen molar-refractivity contribution in [3.05, 3.63) is 0 Å². The van der Waals surface area contributed by atoms with Gasteiger partial charge in [0.25, 0.3) is 0 Å². The van der Waals surface area contributed by atoms with Crippen LogP contribution in [0.4, 0.5) is 0 Å². The van der Waals surface area contributed by atoms with Crippen molar-refractivity contribution in [1.29, 1.82) is 0 Å². The molecular weight excluding hydrogens is 164 g/mol. The summed E-state index contributed by atoms with van der Waals surface area (Å²) in [5.41, 5.74) is 0. The first-order valence-electron chi connectivity index (χ1n) is 5.32. The minimum Gasteiger partial charge on any atom is -0.469 e. The third-order valence-corrected chi connectivity index (χ3v) is 3.02. The molecule has 1 fully saturated rings. The number of carbonyl (C=O) groups is 1. The van der Waals surface area contributed by atoms with E-state index in [4.69, 9.17) is 4.74 Å². The van der Waals surface area contributed by atoms with Crippen LogP contribution in [0.25, 0.3) is 0 Å². The van der Waals surface area contributed by atoms with E-state index in [-0.39, 0.29) is 11.9 Å². The topological polar surface area (TPSA) is 26.3 Å². The summed E-state index contributed by atoms with van der Waals surface area (Å²) in [6.45, 7) is 1.97. The first-order valence-corrected chi connectivity index (χ1v) is 5.32. The van der Waals surface area contributed by atoms with Crippen LogP contribution >= 0.6 is 0 Å². The number of ether oxygens (including phenoxy) is 1. The van der Waals surface area contributed by atoms with Crippen LogP contribution in [0.15, 0.2) is 0 Å². The van der Waals surface area contributed by atoms with Crippen LogP contribution in [0.2, 0.25) is 0 Å². The molecule has 0 aromatic rings. The Morgan fingerprint density at radius 1 is 1.38 bits per heavy atom. The molecule has 1 aliphatic carbocycles. The van der Waals surface area contributed by atoms with Gasteiger partial charge in [0, 0.05) is 0 Å². The molecule has 1 aliphatic rings. The molecule has 1 saturated carbocycles. The van der Waals surface area contributed by atoms with E-state index in [9.17, 15) is 4.79 Å². The Hall–Kier alpha value is -0.530. The molecule has 2 nitrogen and oxygen atoms in total. The van der Waals surface area contributed by atoms with Crippen molar-refractivity contribution >= 4 is 5.97 Å². The fourth-order valence-electron chi connectivity index (χ4n) is 2.22. The van der Waals surface area contributed by atoms with Crippen molar-refractivity contribution in [3.8, 4) is 0 Å². The highest BCUT2D eigenvalue weighted by molar-refractivity contribution is 5.71. The third-order valence-electron chi connectivity index (χ3n) is 3.02. The monoisotopic (exact) mass is 184 g/mol. The Balaban J connectivity index is 2.25. The SMILES string of the molecule is COC(=O)C(C)CC1CCCCC1. The van der Waals surface area contributed by atoms with E-state index in [0.29, 0.717) is 0 Å². The Morgan fingerprint density at radius 3 is 2.54 bits per heavy atom. The van der Waals surface area contributed by atoms with Crippen LogP contribution in [0.5, 0.6) is 0 Å². The Morgan fingerprint density at radius 2 is 2.00 bits per heavy atom. The van der Waals surface area contributed by atoms with E-state index in [1.165, 1.54) is 39.2 Å². The van der Waals surface area contributed by atoms with Crippen LogP contribution in [-0.4, -0.2) is 13.1 Å². The van der Waals surface area contributed by atoms with Crippen molar-refractivity contribution in [3.63, 3.8) is 0 Å². The lowest BCUT2D eigenvalue weighted by Crippen LogP contribution is -2.18. The Kier molecular flexibility index (Phi) is 4.26. The van der Waals surface area contributed by atoms with Gasteiger partial charge in [0.15, 0.2) is 0 Å². The zero-order valence-corrected chi connectivity index (χ0v) is 8.71. The van der Waals surface area contributed by atoms with Crippen molar-refractivity contribution < 1.29 is 9.53 Å². The molecule has 0 N–H and O–H groups in total. The summed E-state index contributed by atoms with van der Waals surface area (Å²) in [6.07, 6.45) is 7.70. The van der Waals surface area contributed by atoms with Gasteiger partial charge in [-0.1, -0.05) is 39.0 Å². The van der Waals surface area contributed by atoms with Crippen LogP contribution in [0.1, 0.15) is 45.4 Å². The van der Waals surface area contributed by atoms with Crippen LogP contribution in [0.3, 0.4) is 0 Å². The molecule has 0 bridgehead atoms. The highest BCUT2D eigenvalue weighted by Gasteiger charge is 2.20. The molecule has 13 heavy (non-hydrogen) atoms. The maximum Gasteiger partial charge on any atom is 0.308 e. The highest BCUT2D eigenvalue weighted by Crippen LogP contribution is 2.29. The van der Waals surface area contributed by atoms with E-state index in [1.807, 2.05) is 6.92 Å². The largest absolute Gasteiger partial charge is 0.469 e. The first kappa shape index (κ1) is 10.6. The molecule has 76 valence electrons. The summed E-state index contributed by atoms with van der Waals surface area (Å²) in [4.78, 5) is 11.2. The van der Waals surface area contributed by atoms with Gasteiger partial charge in [0.05, 0.1) is 13.0 Å². The summed E-state index contributed by atoms with van der Waals surface area (Å²) in [6, 6.07) is 0. The fraction of sp³-hybridized carbons (Fsp3) is 0.909. The minimum absolute atomic E-state index is 0.0504. The summed E-state index contributed by atoms with van der Waals surface area (Å²) in [7, 11) is 1.47. The predicted molar refractivity (Wildman–Crippen MR) is 52.4 cm³/mol. The van der Waals surface area contributed by atoms with Gasteiger partial charge < -0.3 is 4.74 Å². The summed E-state index contributed by atoms with van der Waals surface area (Å²) >= 11 is 0. The number of hydrogen-bond donors (Lipinski definition) is 0. The van der Waals surface area contributed by atoms with E-state index >= 15 is 0 Å². The molecule has 1 rings (SSSR count). The smallest absolute Gasteiger partial charge is 0.308 e. The molecule has 0 amide bonds. The minimum atomic E-state index is -0.0504. The molecule has 0 spiro atoms. The quantitative estimate of drug-likeness (QED) is 0.630. The fourth-order valence-corrected chi connectivity index (χ4v) is 2.22. The average molecular weight is 184 g/mol. The van der Waals surface area contributed by atoms with Crippen LogP contribution < -0.4 is 0 Å². The van der Waals surface area contributed by atoms with E-state index in [0.717, 1.165) is 12.3 Å². The second-order valence-corrected chi connectivity index (χ2v) is 4.16. The lowest BCUT2D eigenvalue weighted by molar-refractivity contribution is -0.145. The molecule has 0 aliphatic heterocycles. The maximum absolute atomic E-state index is 11.2. The van der Waals surface area contributed by atoms with Gasteiger partial charge in [-0.2, -0.15) is 0 Å². The second kappa shape index (κ2) is 5.25. The molecule has 0 radical (unpaired) electrons. The maximum atomic E-state index is 11.2. The van der Waals surface area contributed by atoms with Crippen molar-refractivity contribution in [2.24, 2.45) is 11.8 Å². The van der Waals surface area contributed by atoms with E-state index in [1.54, 1.807) is 0 Å². The van der Waals surface area contributed by atoms with Gasteiger partial charge in [-0.25, -0.2) is 0 Å². The van der Waals surface area contributed by atoms with Crippen molar-refractivity contribution in [2.75, 3.05) is 7.11 Å². The highest BCUT2D eigenvalue weighted by atomic mass is 16.5. The first-order chi connectivity index (χ1) is 6.24. The third kappa shape index (κ3) is 3.37. The average Bonchev–Trinajstić information content (AvgIpc) is 2.18. The van der Waals surface area contributed by atoms with Gasteiger partial charge in [0.2, 0.25) is 0 Å². The number of rotatable bonds is 3. The van der Waals surface area contributed by atoms with Gasteiger partial charge in [-0.3, -0.25) is 4.79 Å².